The molecule has 1 aliphatic rings. The van der Waals surface area contributed by atoms with E-state index in [1.165, 1.54) is 49.6 Å². The molecule has 0 aliphatic heterocycles. The minimum absolute atomic E-state index is 0.0313. The molecule has 0 unspecified atom stereocenters. The Morgan fingerprint density at radius 3 is 2.12 bits per heavy atom. The highest BCUT2D eigenvalue weighted by atomic mass is 16.5. The number of benzene rings is 3. The number of methoxy groups -OCH3 is 1. The van der Waals surface area contributed by atoms with E-state index < -0.39 is 23.6 Å². The largest absolute Gasteiger partial charge is 0.507 e. The molecule has 0 radical (unpaired) electrons. The molecule has 4 rings (SSSR count). The number of carbonyl (C=O) groups is 3. The monoisotopic (exact) mass is 433 g/mol. The minimum atomic E-state index is -0.988. The van der Waals surface area contributed by atoms with Gasteiger partial charge in [-0.1, -0.05) is 30.3 Å². The standard InChI is InChI=1S/C24H19NO7/c1-32-24(31)16(10-12-6-8-17(26)19(28)11-12)25-15-7-9-18(27)21-20(15)22(29)13-4-2-3-5-14(13)23(21)30/h2-9,11,16,25-28H,10H2,1H3/t16-/m0/s1. The zero-order valence-corrected chi connectivity index (χ0v) is 17.0. The SMILES string of the molecule is COC(=O)[C@H](Cc1ccc(O)c(O)c1)Nc1ccc(O)c2c1C(=O)c1ccccc1C2=O. The van der Waals surface area contributed by atoms with Gasteiger partial charge in [0.2, 0.25) is 0 Å². The zero-order valence-electron chi connectivity index (χ0n) is 17.0. The molecule has 0 saturated carbocycles. The molecule has 4 N–H and O–H groups in total. The van der Waals surface area contributed by atoms with Gasteiger partial charge >= 0.3 is 5.97 Å². The maximum absolute atomic E-state index is 13.2. The van der Waals surface area contributed by atoms with Gasteiger partial charge in [-0.05, 0) is 29.8 Å². The summed E-state index contributed by atoms with van der Waals surface area (Å²) in [6.45, 7) is 0. The van der Waals surface area contributed by atoms with Crippen molar-refractivity contribution in [2.45, 2.75) is 12.5 Å². The van der Waals surface area contributed by atoms with Gasteiger partial charge in [-0.3, -0.25) is 9.59 Å². The van der Waals surface area contributed by atoms with E-state index in [1.54, 1.807) is 12.1 Å². The van der Waals surface area contributed by atoms with Crippen LogP contribution >= 0.6 is 0 Å². The van der Waals surface area contributed by atoms with Crippen molar-refractivity contribution in [3.63, 3.8) is 0 Å². The number of rotatable bonds is 5. The van der Waals surface area contributed by atoms with Gasteiger partial charge in [0.15, 0.2) is 23.1 Å². The third kappa shape index (κ3) is 3.51. The number of carbonyl (C=O) groups excluding carboxylic acids is 3. The number of hydrogen-bond donors (Lipinski definition) is 4. The van der Waals surface area contributed by atoms with E-state index >= 15 is 0 Å². The third-order valence-electron chi connectivity index (χ3n) is 5.35. The lowest BCUT2D eigenvalue weighted by atomic mass is 9.82. The zero-order chi connectivity index (χ0) is 23.0. The summed E-state index contributed by atoms with van der Waals surface area (Å²) >= 11 is 0. The number of ketones is 2. The quantitative estimate of drug-likeness (QED) is 0.215. The summed E-state index contributed by atoms with van der Waals surface area (Å²) < 4.78 is 4.87. The number of esters is 1. The van der Waals surface area contributed by atoms with E-state index in [-0.39, 0.29) is 51.6 Å². The molecular weight excluding hydrogens is 414 g/mol. The topological polar surface area (TPSA) is 133 Å². The van der Waals surface area contributed by atoms with Crippen molar-refractivity contribution in [3.05, 3.63) is 82.4 Å². The Hall–Kier alpha value is -4.33. The number of aromatic hydroxyl groups is 3. The Labute approximate surface area is 182 Å². The number of phenolic OH excluding ortho intramolecular Hbond substituents is 3. The highest BCUT2D eigenvalue weighted by molar-refractivity contribution is 6.31. The van der Waals surface area contributed by atoms with Gasteiger partial charge in [-0.2, -0.15) is 0 Å². The molecule has 0 fully saturated rings. The molecule has 8 heteroatoms. The average Bonchev–Trinajstić information content (AvgIpc) is 2.79. The normalized spacial score (nSPS) is 13.2. The summed E-state index contributed by atoms with van der Waals surface area (Å²) in [5.74, 6) is -2.57. The molecule has 0 bridgehead atoms. The molecule has 8 nitrogen and oxygen atoms in total. The highest BCUT2D eigenvalue weighted by Crippen LogP contribution is 2.37. The molecule has 0 aromatic heterocycles. The number of nitrogens with one attached hydrogen (secondary N) is 1. The lowest BCUT2D eigenvalue weighted by molar-refractivity contribution is -0.141. The van der Waals surface area contributed by atoms with Gasteiger partial charge in [0.05, 0.1) is 18.2 Å². The van der Waals surface area contributed by atoms with Crippen molar-refractivity contribution in [2.75, 3.05) is 12.4 Å². The van der Waals surface area contributed by atoms with Crippen molar-refractivity contribution in [2.24, 2.45) is 0 Å². The van der Waals surface area contributed by atoms with Crippen molar-refractivity contribution in [3.8, 4) is 17.2 Å². The first-order chi connectivity index (χ1) is 15.3. The van der Waals surface area contributed by atoms with Crippen LogP contribution in [0.5, 0.6) is 17.2 Å². The van der Waals surface area contributed by atoms with Crippen LogP contribution in [0, 0.1) is 0 Å². The number of phenols is 3. The van der Waals surface area contributed by atoms with Crippen molar-refractivity contribution in [1.82, 2.24) is 0 Å². The van der Waals surface area contributed by atoms with Crippen LogP contribution in [0.4, 0.5) is 5.69 Å². The molecular formula is C24H19NO7. The van der Waals surface area contributed by atoms with E-state index in [9.17, 15) is 29.7 Å². The molecule has 0 spiro atoms. The molecule has 3 aromatic carbocycles. The van der Waals surface area contributed by atoms with Crippen LogP contribution in [-0.4, -0.2) is 46.0 Å². The van der Waals surface area contributed by atoms with Crippen LogP contribution in [0.2, 0.25) is 0 Å². The third-order valence-corrected chi connectivity index (χ3v) is 5.35. The molecule has 1 aliphatic carbocycles. The molecule has 3 aromatic rings. The van der Waals surface area contributed by atoms with Gasteiger partial charge in [0, 0.05) is 23.2 Å². The van der Waals surface area contributed by atoms with E-state index in [0.717, 1.165) is 0 Å². The molecule has 1 atom stereocenters. The first-order valence-electron chi connectivity index (χ1n) is 9.71. The van der Waals surface area contributed by atoms with Crippen LogP contribution < -0.4 is 5.32 Å². The Bertz CT molecular complexity index is 1270. The second-order valence-corrected chi connectivity index (χ2v) is 7.33. The van der Waals surface area contributed by atoms with E-state index in [0.29, 0.717) is 5.56 Å². The maximum Gasteiger partial charge on any atom is 0.328 e. The van der Waals surface area contributed by atoms with Crippen LogP contribution in [0.25, 0.3) is 0 Å². The fourth-order valence-electron chi connectivity index (χ4n) is 3.78. The number of ether oxygens (including phenoxy) is 1. The van der Waals surface area contributed by atoms with Gasteiger partial charge in [-0.15, -0.1) is 0 Å². The average molecular weight is 433 g/mol. The highest BCUT2D eigenvalue weighted by Gasteiger charge is 2.35. The van der Waals surface area contributed by atoms with Gasteiger partial charge in [0.1, 0.15) is 11.8 Å². The lowest BCUT2D eigenvalue weighted by Gasteiger charge is -2.24. The predicted octanol–water partition coefficient (Wildman–Crippen LogP) is 2.78. The molecule has 0 saturated heterocycles. The smallest absolute Gasteiger partial charge is 0.328 e. The predicted molar refractivity (Wildman–Crippen MR) is 114 cm³/mol. The summed E-state index contributed by atoms with van der Waals surface area (Å²) in [6, 6.07) is 12.2. The maximum atomic E-state index is 13.2. The van der Waals surface area contributed by atoms with Crippen LogP contribution in [0.1, 0.15) is 37.4 Å². The number of fused-ring (bicyclic) bond motifs is 2. The summed E-state index contributed by atoms with van der Waals surface area (Å²) in [5, 5.41) is 32.5. The second-order valence-electron chi connectivity index (χ2n) is 7.33. The Kier molecular flexibility index (Phi) is 5.28. The van der Waals surface area contributed by atoms with Crippen molar-refractivity contribution >= 4 is 23.2 Å². The Balaban J connectivity index is 1.76. The van der Waals surface area contributed by atoms with E-state index in [1.807, 2.05) is 0 Å². The second kappa shape index (κ2) is 8.07. The summed E-state index contributed by atoms with van der Waals surface area (Å²) in [5.41, 5.74) is 0.937. The van der Waals surface area contributed by atoms with Gasteiger partial charge < -0.3 is 25.4 Å². The minimum Gasteiger partial charge on any atom is -0.507 e. The van der Waals surface area contributed by atoms with Crippen molar-refractivity contribution < 1.29 is 34.4 Å². The first kappa shape index (κ1) is 20.9. The number of anilines is 1. The molecule has 162 valence electrons. The summed E-state index contributed by atoms with van der Waals surface area (Å²) in [6.07, 6.45) is 0.0505. The fourth-order valence-corrected chi connectivity index (χ4v) is 3.78. The van der Waals surface area contributed by atoms with Gasteiger partial charge in [0.25, 0.3) is 0 Å². The molecule has 32 heavy (non-hydrogen) atoms. The van der Waals surface area contributed by atoms with E-state index in [2.05, 4.69) is 5.32 Å². The van der Waals surface area contributed by atoms with Gasteiger partial charge in [-0.25, -0.2) is 4.79 Å². The molecule has 0 amide bonds. The van der Waals surface area contributed by atoms with Crippen molar-refractivity contribution in [1.29, 1.82) is 0 Å². The lowest BCUT2D eigenvalue weighted by Crippen LogP contribution is -2.34. The summed E-state index contributed by atoms with van der Waals surface area (Å²) in [4.78, 5) is 38.6. The molecule has 0 heterocycles. The fraction of sp³-hybridized carbons (Fsp3) is 0.125. The Morgan fingerprint density at radius 1 is 0.875 bits per heavy atom. The first-order valence-corrected chi connectivity index (χ1v) is 9.71. The van der Waals surface area contributed by atoms with Crippen LogP contribution in [0.15, 0.2) is 54.6 Å². The Morgan fingerprint density at radius 2 is 1.50 bits per heavy atom. The van der Waals surface area contributed by atoms with Crippen LogP contribution in [0.3, 0.4) is 0 Å². The van der Waals surface area contributed by atoms with Crippen LogP contribution in [-0.2, 0) is 16.0 Å². The summed E-state index contributed by atoms with van der Waals surface area (Å²) in [7, 11) is 1.21. The van der Waals surface area contributed by atoms with E-state index in [4.69, 9.17) is 4.74 Å². The number of hydrogen-bond acceptors (Lipinski definition) is 8.